The third-order valence-electron chi connectivity index (χ3n) is 2.25. The minimum absolute atomic E-state index is 0.0000286. The smallest absolute Gasteiger partial charge is 0.476 e. The van der Waals surface area contributed by atoms with Gasteiger partial charge in [-0.3, -0.25) is 14.9 Å². The summed E-state index contributed by atoms with van der Waals surface area (Å²) < 4.78 is 49.8. The van der Waals surface area contributed by atoms with Crippen LogP contribution in [0.15, 0.2) is 6.07 Å². The summed E-state index contributed by atoms with van der Waals surface area (Å²) >= 11 is 0. The number of rotatable bonds is 6. The molecule has 0 aromatic carbocycles. The van der Waals surface area contributed by atoms with Crippen molar-refractivity contribution in [2.24, 2.45) is 0 Å². The number of alkyl halides is 3. The average molecular weight is 324 g/mol. The number of halogens is 3. The topological polar surface area (TPSA) is 101 Å². The van der Waals surface area contributed by atoms with Crippen LogP contribution in [-0.2, 0) is 16.0 Å². The van der Waals surface area contributed by atoms with Crippen LogP contribution in [0.4, 0.5) is 18.9 Å². The van der Waals surface area contributed by atoms with Gasteiger partial charge in [-0.15, -0.1) is 13.2 Å². The summed E-state index contributed by atoms with van der Waals surface area (Å²) in [6, 6.07) is 0.726. The lowest BCUT2D eigenvalue weighted by molar-refractivity contribution is -0.386. The van der Waals surface area contributed by atoms with Gasteiger partial charge in [0.05, 0.1) is 25.1 Å². The number of nitrogens with zero attached hydrogens (tertiary/aromatic N) is 2. The number of hydrogen-bond acceptors (Lipinski definition) is 7. The van der Waals surface area contributed by atoms with E-state index in [-0.39, 0.29) is 6.61 Å². The van der Waals surface area contributed by atoms with E-state index in [1.807, 2.05) is 0 Å². The van der Waals surface area contributed by atoms with E-state index >= 15 is 0 Å². The van der Waals surface area contributed by atoms with Gasteiger partial charge < -0.3 is 14.2 Å². The summed E-state index contributed by atoms with van der Waals surface area (Å²) in [6.45, 7) is 1.50. The number of pyridine rings is 1. The van der Waals surface area contributed by atoms with Crippen LogP contribution in [0.2, 0.25) is 0 Å². The lowest BCUT2D eigenvalue weighted by Gasteiger charge is -2.13. The second-order valence-electron chi connectivity index (χ2n) is 3.77. The van der Waals surface area contributed by atoms with Crippen molar-refractivity contribution in [2.45, 2.75) is 19.7 Å². The third kappa shape index (κ3) is 4.75. The number of aromatic nitrogens is 1. The normalized spacial score (nSPS) is 11.0. The zero-order chi connectivity index (χ0) is 16.9. The molecular formula is C11H11F3N2O6. The van der Waals surface area contributed by atoms with Gasteiger partial charge in [-0.2, -0.15) is 4.98 Å². The molecule has 0 bridgehead atoms. The number of nitro groups is 1. The highest BCUT2D eigenvalue weighted by Gasteiger charge is 2.35. The Morgan fingerprint density at radius 2 is 2.05 bits per heavy atom. The molecule has 0 radical (unpaired) electrons. The van der Waals surface area contributed by atoms with Crippen molar-refractivity contribution in [1.29, 1.82) is 0 Å². The van der Waals surface area contributed by atoms with Crippen molar-refractivity contribution in [3.8, 4) is 11.8 Å². The van der Waals surface area contributed by atoms with Gasteiger partial charge in [-0.05, 0) is 6.92 Å². The second kappa shape index (κ2) is 6.91. The average Bonchev–Trinajstić information content (AvgIpc) is 2.38. The van der Waals surface area contributed by atoms with Gasteiger partial charge >= 0.3 is 18.0 Å². The largest absolute Gasteiger partial charge is 0.574 e. The number of carbonyl (C=O) groups excluding carboxylic acids is 1. The molecule has 0 aliphatic heterocycles. The lowest BCUT2D eigenvalue weighted by atomic mass is 10.2. The maximum Gasteiger partial charge on any atom is 0.574 e. The predicted octanol–water partition coefficient (Wildman–Crippen LogP) is 2.00. The van der Waals surface area contributed by atoms with Gasteiger partial charge in [-0.1, -0.05) is 0 Å². The molecule has 0 aliphatic carbocycles. The van der Waals surface area contributed by atoms with E-state index in [0.717, 1.165) is 13.2 Å². The Morgan fingerprint density at radius 3 is 2.50 bits per heavy atom. The summed E-state index contributed by atoms with van der Waals surface area (Å²) in [6.07, 6.45) is -5.76. The van der Waals surface area contributed by atoms with E-state index < -0.39 is 46.7 Å². The Balaban J connectivity index is 3.31. The first kappa shape index (κ1) is 17.5. The second-order valence-corrected chi connectivity index (χ2v) is 3.77. The predicted molar refractivity (Wildman–Crippen MR) is 64.5 cm³/mol. The SMILES string of the molecule is CCOC(=O)Cc1cc([N+](=O)[O-])c(OC)nc1OC(F)(F)F. The van der Waals surface area contributed by atoms with Crippen molar-refractivity contribution >= 4 is 11.7 Å². The van der Waals surface area contributed by atoms with Crippen LogP contribution in [-0.4, -0.2) is 36.0 Å². The van der Waals surface area contributed by atoms with Gasteiger partial charge in [0.2, 0.25) is 5.88 Å². The van der Waals surface area contributed by atoms with Crippen LogP contribution >= 0.6 is 0 Å². The molecule has 0 saturated carbocycles. The fraction of sp³-hybridized carbons (Fsp3) is 0.455. The van der Waals surface area contributed by atoms with E-state index in [9.17, 15) is 28.1 Å². The van der Waals surface area contributed by atoms with Crippen LogP contribution in [0.3, 0.4) is 0 Å². The first-order valence-corrected chi connectivity index (χ1v) is 5.81. The molecule has 0 N–H and O–H groups in total. The van der Waals surface area contributed by atoms with E-state index in [4.69, 9.17) is 0 Å². The van der Waals surface area contributed by atoms with Crippen molar-refractivity contribution in [3.05, 3.63) is 21.7 Å². The Hall–Kier alpha value is -2.59. The Kier molecular flexibility index (Phi) is 5.49. The summed E-state index contributed by atoms with van der Waals surface area (Å²) in [7, 11) is 0.998. The highest BCUT2D eigenvalue weighted by Crippen LogP contribution is 2.33. The van der Waals surface area contributed by atoms with E-state index in [1.165, 1.54) is 6.92 Å². The first-order valence-electron chi connectivity index (χ1n) is 5.81. The molecule has 11 heteroatoms. The van der Waals surface area contributed by atoms with Gasteiger partial charge in [-0.25, -0.2) is 0 Å². The molecular weight excluding hydrogens is 313 g/mol. The van der Waals surface area contributed by atoms with Gasteiger partial charge in [0.15, 0.2) is 0 Å². The lowest BCUT2D eigenvalue weighted by Crippen LogP contribution is -2.20. The Morgan fingerprint density at radius 1 is 1.41 bits per heavy atom. The Labute approximate surface area is 121 Å². The quantitative estimate of drug-likeness (QED) is 0.448. The van der Waals surface area contributed by atoms with E-state index in [0.29, 0.717) is 0 Å². The van der Waals surface area contributed by atoms with Crippen LogP contribution in [0, 0.1) is 10.1 Å². The maximum atomic E-state index is 12.3. The molecule has 0 saturated heterocycles. The zero-order valence-electron chi connectivity index (χ0n) is 11.5. The molecule has 1 aromatic rings. The molecule has 0 unspecified atom stereocenters. The van der Waals surface area contributed by atoms with Gasteiger partial charge in [0.25, 0.3) is 5.88 Å². The van der Waals surface area contributed by atoms with Crippen molar-refractivity contribution in [3.63, 3.8) is 0 Å². The molecule has 22 heavy (non-hydrogen) atoms. The summed E-state index contributed by atoms with van der Waals surface area (Å²) in [5, 5.41) is 10.8. The minimum atomic E-state index is -5.09. The zero-order valence-corrected chi connectivity index (χ0v) is 11.5. The molecule has 1 rings (SSSR count). The van der Waals surface area contributed by atoms with Gasteiger partial charge in [0.1, 0.15) is 0 Å². The number of hydrogen-bond donors (Lipinski definition) is 0. The third-order valence-corrected chi connectivity index (χ3v) is 2.25. The molecule has 1 aromatic heterocycles. The minimum Gasteiger partial charge on any atom is -0.476 e. The summed E-state index contributed by atoms with van der Waals surface area (Å²) in [5.74, 6) is -2.56. The monoisotopic (exact) mass is 324 g/mol. The van der Waals surface area contributed by atoms with Crippen molar-refractivity contribution < 1.29 is 37.1 Å². The number of methoxy groups -OCH3 is 1. The molecule has 1 heterocycles. The summed E-state index contributed by atoms with van der Waals surface area (Å²) in [4.78, 5) is 24.6. The van der Waals surface area contributed by atoms with Crippen LogP contribution in [0.25, 0.3) is 0 Å². The van der Waals surface area contributed by atoms with Crippen LogP contribution in [0.5, 0.6) is 11.8 Å². The van der Waals surface area contributed by atoms with E-state index in [1.54, 1.807) is 0 Å². The molecule has 0 aliphatic rings. The van der Waals surface area contributed by atoms with Crippen LogP contribution in [0.1, 0.15) is 12.5 Å². The molecule has 0 fully saturated rings. The van der Waals surface area contributed by atoms with Crippen molar-refractivity contribution in [2.75, 3.05) is 13.7 Å². The van der Waals surface area contributed by atoms with E-state index in [2.05, 4.69) is 19.2 Å². The first-order chi connectivity index (χ1) is 10.2. The fourth-order valence-electron chi connectivity index (χ4n) is 1.48. The highest BCUT2D eigenvalue weighted by atomic mass is 19.4. The molecule has 0 atom stereocenters. The molecule has 122 valence electrons. The van der Waals surface area contributed by atoms with Crippen molar-refractivity contribution in [1.82, 2.24) is 4.98 Å². The maximum absolute atomic E-state index is 12.3. The van der Waals surface area contributed by atoms with Crippen LogP contribution < -0.4 is 9.47 Å². The molecule has 8 nitrogen and oxygen atoms in total. The summed E-state index contributed by atoms with van der Waals surface area (Å²) in [5.41, 5.74) is -1.14. The van der Waals surface area contributed by atoms with Gasteiger partial charge in [0, 0.05) is 11.6 Å². The number of ether oxygens (including phenoxy) is 3. The standard InChI is InChI=1S/C11H11F3N2O6/c1-3-21-8(17)5-6-4-7(16(18)19)10(20-2)15-9(6)22-11(12,13)14/h4H,3,5H2,1-2H3. The Bertz CT molecular complexity index is 576. The molecule has 0 amide bonds. The number of esters is 1. The molecule has 0 spiro atoms. The fourth-order valence-corrected chi connectivity index (χ4v) is 1.48. The highest BCUT2D eigenvalue weighted by molar-refractivity contribution is 5.74. The number of carbonyl (C=O) groups is 1.